The fourth-order valence-electron chi connectivity index (χ4n) is 4.07. The van der Waals surface area contributed by atoms with Crippen molar-refractivity contribution in [3.8, 4) is 0 Å². The third-order valence-corrected chi connectivity index (χ3v) is 5.89. The average Bonchev–Trinajstić information content (AvgIpc) is 3.31. The van der Waals surface area contributed by atoms with E-state index >= 15 is 0 Å². The fourth-order valence-corrected chi connectivity index (χ4v) is 4.07. The van der Waals surface area contributed by atoms with Crippen LogP contribution in [0.3, 0.4) is 0 Å². The van der Waals surface area contributed by atoms with Crippen LogP contribution < -0.4 is 5.32 Å². The summed E-state index contributed by atoms with van der Waals surface area (Å²) in [5.41, 5.74) is -2.32. The number of amides is 3. The first-order valence-corrected chi connectivity index (χ1v) is 15.0. The number of carbonyl (C=O) groups is 4. The van der Waals surface area contributed by atoms with Crippen molar-refractivity contribution >= 4 is 24.1 Å². The van der Waals surface area contributed by atoms with E-state index in [2.05, 4.69) is 15.6 Å². The van der Waals surface area contributed by atoms with Crippen LogP contribution in [0, 0.1) is 0 Å². The zero-order valence-corrected chi connectivity index (χ0v) is 28.5. The van der Waals surface area contributed by atoms with Crippen molar-refractivity contribution < 1.29 is 38.1 Å². The van der Waals surface area contributed by atoms with Gasteiger partial charge in [0, 0.05) is 26.2 Å². The number of alkyl carbamates (subject to hydrolysis) is 1. The van der Waals surface area contributed by atoms with E-state index in [9.17, 15) is 19.2 Å². The third kappa shape index (κ3) is 13.1. The molecule has 1 aliphatic rings. The minimum atomic E-state index is -1.08. The van der Waals surface area contributed by atoms with Crippen molar-refractivity contribution in [2.75, 3.05) is 32.8 Å². The Balaban J connectivity index is 2.32. The van der Waals surface area contributed by atoms with Crippen molar-refractivity contribution in [3.05, 3.63) is 11.9 Å². The Morgan fingerprint density at radius 1 is 0.773 bits per heavy atom. The highest BCUT2D eigenvalue weighted by Crippen LogP contribution is 2.23. The number of ether oxygens (including phenoxy) is 4. The van der Waals surface area contributed by atoms with Crippen LogP contribution in [0.2, 0.25) is 0 Å². The predicted octanol–water partition coefficient (Wildman–Crippen LogP) is 4.01. The van der Waals surface area contributed by atoms with Gasteiger partial charge in [0.15, 0.2) is 0 Å². The van der Waals surface area contributed by atoms with Crippen molar-refractivity contribution in [2.45, 2.75) is 124 Å². The Morgan fingerprint density at radius 2 is 1.30 bits per heavy atom. The van der Waals surface area contributed by atoms with Gasteiger partial charge in [-0.1, -0.05) is 5.21 Å². The van der Waals surface area contributed by atoms with Gasteiger partial charge in [-0.15, -0.1) is 5.10 Å². The standard InChI is InChI=1S/C30H52N6O8/c1-27(2,3)41-19-21(31-25(39)43-29(7,8)9)20-18-36(33-32-20)22(17-23(37)42-28(4,5)6)24(38)34-13-15-35(16-14-34)26(40)44-30(10,11)12/h18,21-22H,13-17,19H2,1-12H3,(H,31,39)/t21-,22-/m0/s1. The molecule has 0 radical (unpaired) electrons. The maximum Gasteiger partial charge on any atom is 0.410 e. The largest absolute Gasteiger partial charge is 0.460 e. The number of hydrogen-bond acceptors (Lipinski definition) is 10. The number of esters is 1. The minimum absolute atomic E-state index is 0.0543. The summed E-state index contributed by atoms with van der Waals surface area (Å²) < 4.78 is 23.6. The van der Waals surface area contributed by atoms with E-state index in [-0.39, 0.29) is 45.1 Å². The summed E-state index contributed by atoms with van der Waals surface area (Å²) in [5.74, 6) is -0.960. The van der Waals surface area contributed by atoms with Gasteiger partial charge in [-0.3, -0.25) is 9.59 Å². The topological polar surface area (TPSA) is 154 Å². The summed E-state index contributed by atoms with van der Waals surface area (Å²) in [5, 5.41) is 11.2. The number of rotatable bonds is 8. The predicted molar refractivity (Wildman–Crippen MR) is 162 cm³/mol. The molecule has 1 aliphatic heterocycles. The highest BCUT2D eigenvalue weighted by atomic mass is 16.6. The van der Waals surface area contributed by atoms with E-state index in [1.54, 1.807) is 72.1 Å². The Labute approximate surface area is 261 Å². The molecule has 1 aromatic rings. The summed E-state index contributed by atoms with van der Waals surface area (Å²) in [6, 6.07) is -1.84. The van der Waals surface area contributed by atoms with Gasteiger partial charge in [0.1, 0.15) is 34.6 Å². The molecule has 1 fully saturated rings. The maximum atomic E-state index is 13.9. The van der Waals surface area contributed by atoms with Crippen LogP contribution in [0.15, 0.2) is 6.20 Å². The van der Waals surface area contributed by atoms with Gasteiger partial charge in [0.2, 0.25) is 5.91 Å². The molecule has 0 aliphatic carbocycles. The van der Waals surface area contributed by atoms with Gasteiger partial charge >= 0.3 is 18.2 Å². The molecule has 0 bridgehead atoms. The molecule has 0 saturated carbocycles. The van der Waals surface area contributed by atoms with Gasteiger partial charge < -0.3 is 34.1 Å². The van der Waals surface area contributed by atoms with E-state index in [1.807, 2.05) is 20.8 Å². The lowest BCUT2D eigenvalue weighted by Crippen LogP contribution is -2.53. The lowest BCUT2D eigenvalue weighted by atomic mass is 10.1. The molecule has 0 unspecified atom stereocenters. The first-order chi connectivity index (χ1) is 19.9. The number of nitrogens with one attached hydrogen (secondary N) is 1. The van der Waals surface area contributed by atoms with E-state index in [0.717, 1.165) is 0 Å². The molecular weight excluding hydrogens is 572 g/mol. The molecule has 44 heavy (non-hydrogen) atoms. The Kier molecular flexibility index (Phi) is 11.8. The lowest BCUT2D eigenvalue weighted by Gasteiger charge is -2.36. The number of hydrogen-bond donors (Lipinski definition) is 1. The zero-order chi connectivity index (χ0) is 33.7. The second-order valence-corrected chi connectivity index (χ2v) is 14.8. The van der Waals surface area contributed by atoms with Gasteiger partial charge in [-0.25, -0.2) is 14.3 Å². The summed E-state index contributed by atoms with van der Waals surface area (Å²) >= 11 is 0. The minimum Gasteiger partial charge on any atom is -0.460 e. The lowest BCUT2D eigenvalue weighted by molar-refractivity contribution is -0.158. The fraction of sp³-hybridized carbons (Fsp3) is 0.800. The summed E-state index contributed by atoms with van der Waals surface area (Å²) in [4.78, 5) is 55.1. The van der Waals surface area contributed by atoms with Crippen LogP contribution in [-0.2, 0) is 28.5 Å². The Morgan fingerprint density at radius 3 is 1.80 bits per heavy atom. The smallest absolute Gasteiger partial charge is 0.410 e. The SMILES string of the molecule is CC(C)(C)OC[C@H](NC(=O)OC(C)(C)C)c1cn([C@@H](CC(=O)OC(C)(C)C)C(=O)N2CCN(C(=O)OC(C)(C)C)CC2)nn1. The number of nitrogens with zero attached hydrogens (tertiary/aromatic N) is 5. The molecule has 2 rings (SSSR count). The van der Waals surface area contributed by atoms with Crippen LogP contribution in [0.4, 0.5) is 9.59 Å². The van der Waals surface area contributed by atoms with Gasteiger partial charge in [-0.05, 0) is 83.1 Å². The first kappa shape index (κ1) is 36.8. The maximum absolute atomic E-state index is 13.9. The first-order valence-electron chi connectivity index (χ1n) is 15.0. The van der Waals surface area contributed by atoms with Crippen LogP contribution in [0.1, 0.15) is 107 Å². The summed E-state index contributed by atoms with van der Waals surface area (Å²) in [6.45, 7) is 22.6. The molecule has 3 amide bonds. The average molecular weight is 625 g/mol. The monoisotopic (exact) mass is 624 g/mol. The molecule has 2 heterocycles. The molecule has 1 saturated heterocycles. The van der Waals surface area contributed by atoms with Gasteiger partial charge in [0.25, 0.3) is 0 Å². The van der Waals surface area contributed by atoms with Crippen LogP contribution >= 0.6 is 0 Å². The molecule has 0 spiro atoms. The summed E-state index contributed by atoms with van der Waals surface area (Å²) in [7, 11) is 0. The van der Waals surface area contributed by atoms with Crippen molar-refractivity contribution in [1.29, 1.82) is 0 Å². The van der Waals surface area contributed by atoms with Crippen LogP contribution in [0.25, 0.3) is 0 Å². The zero-order valence-electron chi connectivity index (χ0n) is 28.5. The molecule has 0 aromatic carbocycles. The third-order valence-electron chi connectivity index (χ3n) is 5.89. The quantitative estimate of drug-likeness (QED) is 0.331. The molecule has 1 aromatic heterocycles. The van der Waals surface area contributed by atoms with Crippen LogP contribution in [-0.4, -0.2) is 104 Å². The van der Waals surface area contributed by atoms with Gasteiger partial charge in [0.05, 0.1) is 24.8 Å². The second kappa shape index (κ2) is 14.1. The molecule has 250 valence electrons. The molecule has 14 nitrogen and oxygen atoms in total. The molecule has 2 atom stereocenters. The van der Waals surface area contributed by atoms with E-state index in [0.29, 0.717) is 5.69 Å². The second-order valence-electron chi connectivity index (χ2n) is 14.8. The van der Waals surface area contributed by atoms with Gasteiger partial charge in [-0.2, -0.15) is 0 Å². The highest BCUT2D eigenvalue weighted by Gasteiger charge is 2.35. The Hall–Kier alpha value is -3.42. The van der Waals surface area contributed by atoms with Crippen molar-refractivity contribution in [1.82, 2.24) is 30.1 Å². The van der Waals surface area contributed by atoms with Crippen LogP contribution in [0.5, 0.6) is 0 Å². The van der Waals surface area contributed by atoms with E-state index in [4.69, 9.17) is 18.9 Å². The summed E-state index contributed by atoms with van der Waals surface area (Å²) in [6.07, 6.45) is 0.0989. The van der Waals surface area contributed by atoms with E-state index < -0.39 is 52.6 Å². The Bertz CT molecular complexity index is 1150. The number of aromatic nitrogens is 3. The highest BCUT2D eigenvalue weighted by molar-refractivity contribution is 5.85. The molecule has 14 heteroatoms. The normalized spacial score (nSPS) is 16.2. The number of piperazine rings is 1. The van der Waals surface area contributed by atoms with Crippen molar-refractivity contribution in [3.63, 3.8) is 0 Å². The molecular formula is C30H52N6O8. The van der Waals surface area contributed by atoms with Crippen molar-refractivity contribution in [2.24, 2.45) is 0 Å². The molecule has 1 N–H and O–H groups in total. The number of carbonyl (C=O) groups excluding carboxylic acids is 4. The van der Waals surface area contributed by atoms with E-state index in [1.165, 1.54) is 10.9 Å².